The minimum absolute atomic E-state index is 0. The second kappa shape index (κ2) is 12.1. The van der Waals surface area contributed by atoms with Crippen LogP contribution in [0.15, 0.2) is 12.7 Å². The molecule has 0 fully saturated rings. The Morgan fingerprint density at radius 3 is 2.18 bits per heavy atom. The van der Waals surface area contributed by atoms with Crippen molar-refractivity contribution in [1.29, 1.82) is 0 Å². The normalized spacial score (nSPS) is 11.5. The van der Waals surface area contributed by atoms with Gasteiger partial charge in [-0.3, -0.25) is 0 Å². The summed E-state index contributed by atoms with van der Waals surface area (Å²) in [6, 6.07) is 0. The zero-order valence-corrected chi connectivity index (χ0v) is 15.4. The van der Waals surface area contributed by atoms with E-state index >= 15 is 0 Å². The third-order valence-corrected chi connectivity index (χ3v) is 3.52. The Balaban J connectivity index is 0.00000441. The van der Waals surface area contributed by atoms with Gasteiger partial charge < -0.3 is 24.0 Å². The highest BCUT2D eigenvalue weighted by molar-refractivity contribution is 4.51. The zero-order chi connectivity index (χ0) is 15.6. The van der Waals surface area contributed by atoms with E-state index in [1.54, 1.807) is 11.0 Å². The Hall–Kier alpha value is -0.340. The number of alkyl halides is 3. The van der Waals surface area contributed by atoms with Gasteiger partial charge in [-0.15, -0.1) is 4.68 Å². The summed E-state index contributed by atoms with van der Waals surface area (Å²) in [5.41, 5.74) is 0. The van der Waals surface area contributed by atoms with Gasteiger partial charge >= 0.3 is 6.18 Å². The molecular weight excluding hydrogens is 406 g/mol. The van der Waals surface area contributed by atoms with Gasteiger partial charge in [0.25, 0.3) is 6.33 Å². The maximum Gasteiger partial charge on any atom is 0.392 e. The molecule has 7 heteroatoms. The molecule has 0 atom stereocenters. The standard InChI is InChI=1S/C15H27F3N3.HI/c1-2-3-4-5-6-7-8-9-11-21-14-20(13-19-21)12-10-15(16,17)18;/h13-14H,2-12H2,1H3;1H/q+1;/p-1. The van der Waals surface area contributed by atoms with Gasteiger partial charge in [0.1, 0.15) is 6.54 Å². The topological polar surface area (TPSA) is 21.7 Å². The number of aryl methyl sites for hydroxylation is 2. The van der Waals surface area contributed by atoms with Crippen LogP contribution in [-0.4, -0.2) is 16.0 Å². The molecule has 0 saturated carbocycles. The van der Waals surface area contributed by atoms with Crippen molar-refractivity contribution in [3.63, 3.8) is 0 Å². The van der Waals surface area contributed by atoms with Crippen LogP contribution in [0.5, 0.6) is 0 Å². The summed E-state index contributed by atoms with van der Waals surface area (Å²) in [7, 11) is 0. The Kier molecular flexibility index (Phi) is 11.9. The minimum atomic E-state index is -4.10. The van der Waals surface area contributed by atoms with E-state index in [9.17, 15) is 13.2 Å². The van der Waals surface area contributed by atoms with Crippen molar-refractivity contribution < 1.29 is 41.7 Å². The molecule has 1 aromatic heterocycles. The summed E-state index contributed by atoms with van der Waals surface area (Å²) in [6.07, 6.45) is 8.17. The number of hydrogen-bond donors (Lipinski definition) is 0. The maximum absolute atomic E-state index is 12.1. The van der Waals surface area contributed by atoms with E-state index in [0.29, 0.717) is 0 Å². The molecule has 130 valence electrons. The quantitative estimate of drug-likeness (QED) is 0.293. The highest BCUT2D eigenvalue weighted by Crippen LogP contribution is 2.18. The Labute approximate surface area is 148 Å². The van der Waals surface area contributed by atoms with Gasteiger partial charge in [0.2, 0.25) is 6.33 Å². The summed E-state index contributed by atoms with van der Waals surface area (Å²) in [5, 5.41) is 4.09. The maximum atomic E-state index is 12.1. The second-order valence-electron chi connectivity index (χ2n) is 5.59. The Morgan fingerprint density at radius 1 is 1.00 bits per heavy atom. The lowest BCUT2D eigenvalue weighted by atomic mass is 10.1. The molecule has 1 aromatic rings. The summed E-state index contributed by atoms with van der Waals surface area (Å²) in [5.74, 6) is 0. The second-order valence-corrected chi connectivity index (χ2v) is 5.59. The average molecular weight is 433 g/mol. The van der Waals surface area contributed by atoms with Crippen LogP contribution in [0.1, 0.15) is 64.7 Å². The molecule has 0 bridgehead atoms. The molecule has 22 heavy (non-hydrogen) atoms. The van der Waals surface area contributed by atoms with Crippen LogP contribution in [-0.2, 0) is 13.1 Å². The third kappa shape index (κ3) is 11.3. The van der Waals surface area contributed by atoms with E-state index in [1.165, 1.54) is 49.4 Å². The third-order valence-electron chi connectivity index (χ3n) is 3.52. The molecule has 0 spiro atoms. The highest BCUT2D eigenvalue weighted by Gasteiger charge is 2.27. The van der Waals surface area contributed by atoms with E-state index in [0.717, 1.165) is 19.4 Å². The van der Waals surface area contributed by atoms with Gasteiger partial charge in [-0.25, -0.2) is 4.57 Å². The van der Waals surface area contributed by atoms with E-state index in [-0.39, 0.29) is 30.5 Å². The van der Waals surface area contributed by atoms with Crippen molar-refractivity contribution in [2.75, 3.05) is 0 Å². The van der Waals surface area contributed by atoms with Gasteiger partial charge in [0.05, 0.1) is 13.0 Å². The molecule has 0 aliphatic heterocycles. The van der Waals surface area contributed by atoms with Gasteiger partial charge in [0, 0.05) is 5.10 Å². The van der Waals surface area contributed by atoms with Crippen molar-refractivity contribution in [2.45, 2.75) is 84.0 Å². The molecule has 0 aromatic carbocycles. The van der Waals surface area contributed by atoms with Crippen LogP contribution in [0.3, 0.4) is 0 Å². The number of hydrogen-bond acceptors (Lipinski definition) is 1. The molecule has 0 N–H and O–H groups in total. The number of halogens is 4. The summed E-state index contributed by atoms with van der Waals surface area (Å²) in [4.78, 5) is 0. The van der Waals surface area contributed by atoms with Crippen LogP contribution in [0.25, 0.3) is 0 Å². The first kappa shape index (κ1) is 21.7. The lowest BCUT2D eigenvalue weighted by Gasteiger charge is -2.02. The van der Waals surface area contributed by atoms with Crippen molar-refractivity contribution in [3.8, 4) is 0 Å². The fraction of sp³-hybridized carbons (Fsp3) is 0.867. The molecule has 1 rings (SSSR count). The molecule has 0 aliphatic rings. The molecule has 0 aliphatic carbocycles. The van der Waals surface area contributed by atoms with Crippen LogP contribution in [0.2, 0.25) is 0 Å². The smallest absolute Gasteiger partial charge is 0.392 e. The van der Waals surface area contributed by atoms with E-state index in [1.807, 2.05) is 0 Å². The van der Waals surface area contributed by atoms with Crippen molar-refractivity contribution in [2.24, 2.45) is 0 Å². The summed E-state index contributed by atoms with van der Waals surface area (Å²) >= 11 is 0. The van der Waals surface area contributed by atoms with Crippen molar-refractivity contribution >= 4 is 0 Å². The first-order valence-electron chi connectivity index (χ1n) is 7.99. The molecule has 0 unspecified atom stereocenters. The number of nitrogens with zero attached hydrogens (tertiary/aromatic N) is 3. The van der Waals surface area contributed by atoms with E-state index in [4.69, 9.17) is 0 Å². The number of aromatic nitrogens is 3. The number of unbranched alkanes of at least 4 members (excludes halogenated alkanes) is 7. The van der Waals surface area contributed by atoms with Gasteiger partial charge in [0.15, 0.2) is 0 Å². The van der Waals surface area contributed by atoms with Gasteiger partial charge in [-0.2, -0.15) is 13.2 Å². The lowest BCUT2D eigenvalue weighted by Crippen LogP contribution is -3.00. The first-order valence-corrected chi connectivity index (χ1v) is 7.99. The fourth-order valence-electron chi connectivity index (χ4n) is 2.26. The molecule has 1 heterocycles. The van der Waals surface area contributed by atoms with Crippen molar-refractivity contribution in [1.82, 2.24) is 9.78 Å². The molecular formula is C15H27F3IN3. The summed E-state index contributed by atoms with van der Waals surface area (Å²) in [6.45, 7) is 2.94. The zero-order valence-electron chi connectivity index (χ0n) is 13.3. The average Bonchev–Trinajstić information content (AvgIpc) is 2.87. The Bertz CT molecular complexity index is 380. The first-order chi connectivity index (χ1) is 10.0. The predicted octanol–water partition coefficient (Wildman–Crippen LogP) is 1.27. The van der Waals surface area contributed by atoms with Crippen LogP contribution >= 0.6 is 0 Å². The minimum Gasteiger partial charge on any atom is -1.00 e. The van der Waals surface area contributed by atoms with Crippen molar-refractivity contribution in [3.05, 3.63) is 12.7 Å². The molecule has 0 saturated heterocycles. The van der Waals surface area contributed by atoms with Crippen LogP contribution in [0.4, 0.5) is 13.2 Å². The van der Waals surface area contributed by atoms with Crippen LogP contribution < -0.4 is 28.5 Å². The summed E-state index contributed by atoms with van der Waals surface area (Å²) < 4.78 is 39.5. The predicted molar refractivity (Wildman–Crippen MR) is 75.7 cm³/mol. The monoisotopic (exact) mass is 433 g/mol. The molecule has 3 nitrogen and oxygen atoms in total. The SMILES string of the molecule is CCCCCCCCCCn1c[n+](CCC(F)(F)F)cn1.[I-]. The van der Waals surface area contributed by atoms with E-state index < -0.39 is 12.6 Å². The molecule has 0 radical (unpaired) electrons. The lowest BCUT2D eigenvalue weighted by molar-refractivity contribution is -0.701. The largest absolute Gasteiger partial charge is 1.00 e. The van der Waals surface area contributed by atoms with E-state index in [2.05, 4.69) is 12.0 Å². The van der Waals surface area contributed by atoms with Gasteiger partial charge in [-0.05, 0) is 6.42 Å². The molecule has 0 amide bonds. The van der Waals surface area contributed by atoms with Crippen LogP contribution in [0, 0.1) is 0 Å². The highest BCUT2D eigenvalue weighted by atomic mass is 127. The fourth-order valence-corrected chi connectivity index (χ4v) is 2.26. The Morgan fingerprint density at radius 2 is 1.59 bits per heavy atom. The number of rotatable bonds is 11. The van der Waals surface area contributed by atoms with Gasteiger partial charge in [-0.1, -0.05) is 51.9 Å².